The van der Waals surface area contributed by atoms with Crippen molar-refractivity contribution in [2.24, 2.45) is 0 Å². The van der Waals surface area contributed by atoms with E-state index in [4.69, 9.17) is 0 Å². The van der Waals surface area contributed by atoms with Crippen LogP contribution in [-0.4, -0.2) is 27.3 Å². The number of hydrogen-bond acceptors (Lipinski definition) is 3. The smallest absolute Gasteiger partial charge is 0.253 e. The summed E-state index contributed by atoms with van der Waals surface area (Å²) in [5, 5.41) is 2.40. The van der Waals surface area contributed by atoms with Crippen LogP contribution in [0.2, 0.25) is 0 Å². The minimum Gasteiger partial charge on any atom is -0.355 e. The quantitative estimate of drug-likeness (QED) is 0.680. The van der Waals surface area contributed by atoms with E-state index in [1.54, 1.807) is 29.1 Å². The molecule has 114 valence electrons. The maximum Gasteiger partial charge on any atom is 0.253 e. The van der Waals surface area contributed by atoms with E-state index in [-0.39, 0.29) is 22.5 Å². The van der Waals surface area contributed by atoms with E-state index in [1.807, 2.05) is 0 Å². The van der Waals surface area contributed by atoms with Gasteiger partial charge in [0.05, 0.1) is 11.8 Å². The van der Waals surface area contributed by atoms with Crippen LogP contribution in [0.5, 0.6) is 0 Å². The van der Waals surface area contributed by atoms with E-state index >= 15 is 0 Å². The molecule has 3 aromatic rings. The van der Waals surface area contributed by atoms with Gasteiger partial charge in [-0.25, -0.2) is 14.4 Å². The van der Waals surface area contributed by atoms with Gasteiger partial charge in [-0.15, -0.1) is 17.0 Å². The Bertz CT molecular complexity index is 850. The molecule has 0 saturated heterocycles. The number of amides is 1. The molecule has 2 aromatic heterocycles. The lowest BCUT2D eigenvalue weighted by Crippen LogP contribution is -2.19. The molecule has 0 unspecified atom stereocenters. The zero-order chi connectivity index (χ0) is 15.0. The summed E-state index contributed by atoms with van der Waals surface area (Å²) in [5.74, 6) is -0.477. The lowest BCUT2D eigenvalue weighted by molar-refractivity contribution is 0.0959. The van der Waals surface area contributed by atoms with Crippen LogP contribution < -0.4 is 5.32 Å². The van der Waals surface area contributed by atoms with Crippen LogP contribution in [0, 0.1) is 5.82 Å². The Labute approximate surface area is 144 Å². The first-order valence-electron chi connectivity index (χ1n) is 6.11. The molecule has 8 heteroatoms. The molecule has 0 atom stereocenters. The van der Waals surface area contributed by atoms with Gasteiger partial charge in [0.25, 0.3) is 5.91 Å². The highest BCUT2D eigenvalue weighted by Gasteiger charge is 2.12. The highest BCUT2D eigenvalue weighted by atomic mass is 79.9. The Hall–Kier alpha value is -1.80. The number of imidazole rings is 1. The summed E-state index contributed by atoms with van der Waals surface area (Å²) < 4.78 is 16.5. The topological polar surface area (TPSA) is 59.3 Å². The third-order valence-corrected chi connectivity index (χ3v) is 3.68. The Morgan fingerprint density at radius 3 is 2.68 bits per heavy atom. The number of nitrogens with zero attached hydrogens (tertiary/aromatic N) is 3. The van der Waals surface area contributed by atoms with Crippen LogP contribution in [0.4, 0.5) is 4.39 Å². The normalized spacial score (nSPS) is 10.3. The van der Waals surface area contributed by atoms with Gasteiger partial charge in [0.1, 0.15) is 10.4 Å². The average molecular weight is 430 g/mol. The maximum absolute atomic E-state index is 14.0. The monoisotopic (exact) mass is 428 g/mol. The molecule has 0 spiro atoms. The SMILES string of the molecule is Br.CNC(=O)c1ccc(-c2cnc3ncc(Br)n3c2)cc1F. The zero-order valence-electron chi connectivity index (χ0n) is 11.4. The van der Waals surface area contributed by atoms with Gasteiger partial charge >= 0.3 is 0 Å². The summed E-state index contributed by atoms with van der Waals surface area (Å²) in [5.41, 5.74) is 1.37. The zero-order valence-corrected chi connectivity index (χ0v) is 14.7. The number of halogens is 3. The number of benzene rings is 1. The van der Waals surface area contributed by atoms with Gasteiger partial charge in [0, 0.05) is 25.0 Å². The molecule has 5 nitrogen and oxygen atoms in total. The van der Waals surface area contributed by atoms with Crippen LogP contribution in [-0.2, 0) is 0 Å². The number of nitrogens with one attached hydrogen (secondary N) is 1. The Kier molecular flexibility index (Phi) is 4.92. The number of hydrogen-bond donors (Lipinski definition) is 1. The number of carbonyl (C=O) groups excluding carboxylic acids is 1. The van der Waals surface area contributed by atoms with Crippen molar-refractivity contribution in [3.63, 3.8) is 0 Å². The van der Waals surface area contributed by atoms with E-state index in [0.29, 0.717) is 11.3 Å². The number of rotatable bonds is 2. The standard InChI is InChI=1S/C14H10BrFN4O.BrH/c1-17-13(21)10-3-2-8(4-11(10)16)9-5-18-14-19-6-12(15)20(14)7-9;/h2-7H,1H3,(H,17,21);1H. The van der Waals surface area contributed by atoms with Crippen LogP contribution in [0.15, 0.2) is 41.4 Å². The fourth-order valence-electron chi connectivity index (χ4n) is 2.01. The van der Waals surface area contributed by atoms with Gasteiger partial charge in [0.15, 0.2) is 0 Å². The molecule has 0 aliphatic rings. The molecule has 22 heavy (non-hydrogen) atoms. The minimum absolute atomic E-state index is 0. The summed E-state index contributed by atoms with van der Waals surface area (Å²) in [6.45, 7) is 0. The molecular weight excluding hydrogens is 419 g/mol. The third kappa shape index (κ3) is 2.89. The first kappa shape index (κ1) is 16.6. The first-order chi connectivity index (χ1) is 10.1. The lowest BCUT2D eigenvalue weighted by Gasteiger charge is -2.06. The van der Waals surface area contributed by atoms with Crippen molar-refractivity contribution in [3.8, 4) is 11.1 Å². The number of fused-ring (bicyclic) bond motifs is 1. The molecule has 1 aromatic carbocycles. The second-order valence-electron chi connectivity index (χ2n) is 4.37. The van der Waals surface area contributed by atoms with Crippen molar-refractivity contribution >= 4 is 44.6 Å². The van der Waals surface area contributed by atoms with Crippen molar-refractivity contribution in [2.75, 3.05) is 7.05 Å². The Morgan fingerprint density at radius 1 is 1.27 bits per heavy atom. The molecule has 0 bridgehead atoms. The summed E-state index contributed by atoms with van der Waals surface area (Å²) in [6, 6.07) is 4.45. The van der Waals surface area contributed by atoms with Gasteiger partial charge in [-0.2, -0.15) is 0 Å². The van der Waals surface area contributed by atoms with E-state index in [2.05, 4.69) is 31.2 Å². The summed E-state index contributed by atoms with van der Waals surface area (Å²) in [7, 11) is 1.46. The van der Waals surface area contributed by atoms with Gasteiger partial charge in [-0.1, -0.05) is 6.07 Å². The second kappa shape index (κ2) is 6.53. The molecule has 0 saturated carbocycles. The van der Waals surface area contributed by atoms with Crippen LogP contribution in [0.25, 0.3) is 16.9 Å². The molecular formula is C14H11Br2FN4O. The summed E-state index contributed by atoms with van der Waals surface area (Å²) >= 11 is 3.36. The average Bonchev–Trinajstić information content (AvgIpc) is 2.87. The van der Waals surface area contributed by atoms with Crippen LogP contribution >= 0.6 is 32.9 Å². The molecule has 0 aliphatic heterocycles. The number of aromatic nitrogens is 3. The van der Waals surface area contributed by atoms with Crippen molar-refractivity contribution in [1.29, 1.82) is 0 Å². The molecule has 2 heterocycles. The van der Waals surface area contributed by atoms with E-state index in [9.17, 15) is 9.18 Å². The highest BCUT2D eigenvalue weighted by molar-refractivity contribution is 9.10. The number of carbonyl (C=O) groups is 1. The largest absolute Gasteiger partial charge is 0.355 e. The fraction of sp³-hybridized carbons (Fsp3) is 0.0714. The lowest BCUT2D eigenvalue weighted by atomic mass is 10.1. The van der Waals surface area contributed by atoms with Crippen molar-refractivity contribution < 1.29 is 9.18 Å². The predicted octanol–water partition coefficient (Wildman–Crippen LogP) is 3.24. The van der Waals surface area contributed by atoms with Crippen molar-refractivity contribution in [2.45, 2.75) is 0 Å². The van der Waals surface area contributed by atoms with Crippen LogP contribution in [0.3, 0.4) is 0 Å². The maximum atomic E-state index is 14.0. The van der Waals surface area contributed by atoms with Crippen LogP contribution in [0.1, 0.15) is 10.4 Å². The third-order valence-electron chi connectivity index (χ3n) is 3.09. The minimum atomic E-state index is -0.573. The molecule has 1 amide bonds. The molecule has 0 fully saturated rings. The second-order valence-corrected chi connectivity index (χ2v) is 5.18. The van der Waals surface area contributed by atoms with Gasteiger partial charge in [0.2, 0.25) is 5.78 Å². The Balaban J connectivity index is 0.00000176. The molecule has 3 rings (SSSR count). The van der Waals surface area contributed by atoms with E-state index in [1.165, 1.54) is 19.2 Å². The summed E-state index contributed by atoms with van der Waals surface area (Å²) in [6.07, 6.45) is 5.05. The van der Waals surface area contributed by atoms with E-state index in [0.717, 1.165) is 10.2 Å². The van der Waals surface area contributed by atoms with Crippen molar-refractivity contribution in [3.05, 3.63) is 52.8 Å². The molecule has 0 aliphatic carbocycles. The molecule has 1 N–H and O–H groups in total. The van der Waals surface area contributed by atoms with E-state index < -0.39 is 11.7 Å². The van der Waals surface area contributed by atoms with Crippen molar-refractivity contribution in [1.82, 2.24) is 19.7 Å². The highest BCUT2D eigenvalue weighted by Crippen LogP contribution is 2.23. The fourth-order valence-corrected chi connectivity index (χ4v) is 2.37. The first-order valence-corrected chi connectivity index (χ1v) is 6.90. The summed E-state index contributed by atoms with van der Waals surface area (Å²) in [4.78, 5) is 19.8. The predicted molar refractivity (Wildman–Crippen MR) is 89.8 cm³/mol. The Morgan fingerprint density at radius 2 is 2.00 bits per heavy atom. The molecule has 0 radical (unpaired) electrons. The van der Waals surface area contributed by atoms with Gasteiger partial charge in [-0.3, -0.25) is 9.20 Å². The van der Waals surface area contributed by atoms with Gasteiger partial charge in [-0.05, 0) is 33.6 Å². The van der Waals surface area contributed by atoms with Gasteiger partial charge < -0.3 is 5.32 Å².